The fraction of sp³-hybridized carbons (Fsp3) is 0.278. The second kappa shape index (κ2) is 6.20. The highest BCUT2D eigenvalue weighted by Crippen LogP contribution is 2.40. The van der Waals surface area contributed by atoms with Crippen molar-refractivity contribution in [2.45, 2.75) is 27.7 Å². The molecule has 4 heteroatoms. The third-order valence-corrected chi connectivity index (χ3v) is 6.26. The van der Waals surface area contributed by atoms with Crippen LogP contribution in [0.15, 0.2) is 36.4 Å². The molecule has 0 radical (unpaired) electrons. The van der Waals surface area contributed by atoms with Crippen LogP contribution in [0.5, 0.6) is 0 Å². The van der Waals surface area contributed by atoms with Gasteiger partial charge in [0.2, 0.25) is 7.37 Å². The summed E-state index contributed by atoms with van der Waals surface area (Å²) in [6, 6.07) is 10.3. The van der Waals surface area contributed by atoms with E-state index < -0.39 is 7.37 Å². The highest BCUT2D eigenvalue weighted by molar-refractivity contribution is 7.66. The normalized spacial score (nSPS) is 13.7. The number of hydrogen-bond acceptors (Lipinski definition) is 2. The Kier molecular flexibility index (Phi) is 4.69. The van der Waals surface area contributed by atoms with Crippen molar-refractivity contribution < 1.29 is 14.3 Å². The Morgan fingerprint density at radius 2 is 1.64 bits per heavy atom. The van der Waals surface area contributed by atoms with Crippen molar-refractivity contribution in [2.75, 3.05) is 6.16 Å². The van der Waals surface area contributed by atoms with Gasteiger partial charge in [0, 0.05) is 22.6 Å². The zero-order valence-corrected chi connectivity index (χ0v) is 14.3. The summed E-state index contributed by atoms with van der Waals surface area (Å²) in [4.78, 5) is 23.0. The maximum Gasteiger partial charge on any atom is 0.230 e. The highest BCUT2D eigenvalue weighted by Gasteiger charge is 2.26. The van der Waals surface area contributed by atoms with Crippen molar-refractivity contribution >= 4 is 18.5 Å². The van der Waals surface area contributed by atoms with Crippen LogP contribution < -0.4 is 5.30 Å². The molecule has 1 N–H and O–H groups in total. The first-order valence-corrected chi connectivity index (χ1v) is 9.17. The van der Waals surface area contributed by atoms with Crippen LogP contribution in [0.25, 0.3) is 0 Å². The minimum atomic E-state index is -3.50. The van der Waals surface area contributed by atoms with Gasteiger partial charge in [-0.2, -0.15) is 0 Å². The molecule has 2 rings (SSSR count). The van der Waals surface area contributed by atoms with Crippen LogP contribution in [-0.4, -0.2) is 16.8 Å². The lowest BCUT2D eigenvalue weighted by atomic mass is 9.93. The molecule has 0 saturated heterocycles. The van der Waals surface area contributed by atoms with Gasteiger partial charge in [-0.05, 0) is 43.5 Å². The van der Waals surface area contributed by atoms with Crippen LogP contribution in [0, 0.1) is 20.8 Å². The van der Waals surface area contributed by atoms with Gasteiger partial charge in [-0.1, -0.05) is 37.3 Å². The molecule has 0 aliphatic heterocycles. The molecule has 116 valence electrons. The Balaban J connectivity index is 2.62. The Labute approximate surface area is 131 Å². The Bertz CT molecular complexity index is 778. The standard InChI is InChI=1S/C18H21O3P/c1-5-22(20,21)17-9-7-6-8-16(17)18(19)15-11-10-12(2)13(3)14(15)4/h6-11H,5H2,1-4H3,(H,20,21). The summed E-state index contributed by atoms with van der Waals surface area (Å²) in [5.41, 5.74) is 4.03. The lowest BCUT2D eigenvalue weighted by Gasteiger charge is -2.15. The van der Waals surface area contributed by atoms with E-state index >= 15 is 0 Å². The fourth-order valence-corrected chi connectivity index (χ4v) is 3.70. The smallest absolute Gasteiger partial charge is 0.230 e. The van der Waals surface area contributed by atoms with Gasteiger partial charge in [0.1, 0.15) is 0 Å². The number of hydrogen-bond donors (Lipinski definition) is 1. The Morgan fingerprint density at radius 3 is 2.27 bits per heavy atom. The van der Waals surface area contributed by atoms with E-state index in [2.05, 4.69) is 0 Å². The summed E-state index contributed by atoms with van der Waals surface area (Å²) in [6.07, 6.45) is 0.114. The molecule has 0 fully saturated rings. The van der Waals surface area contributed by atoms with Crippen molar-refractivity contribution in [3.63, 3.8) is 0 Å². The van der Waals surface area contributed by atoms with E-state index in [1.807, 2.05) is 26.8 Å². The van der Waals surface area contributed by atoms with E-state index in [9.17, 15) is 14.3 Å². The molecule has 0 aliphatic carbocycles. The van der Waals surface area contributed by atoms with Crippen LogP contribution in [0.1, 0.15) is 39.5 Å². The van der Waals surface area contributed by atoms with E-state index in [1.165, 1.54) is 0 Å². The van der Waals surface area contributed by atoms with Gasteiger partial charge < -0.3 is 4.89 Å². The summed E-state index contributed by atoms with van der Waals surface area (Å²) in [5, 5.41) is 0.250. The number of rotatable bonds is 4. The van der Waals surface area contributed by atoms with Gasteiger partial charge in [-0.15, -0.1) is 0 Å². The predicted octanol–water partition coefficient (Wildman–Crippen LogP) is 3.76. The van der Waals surface area contributed by atoms with E-state index in [4.69, 9.17) is 0 Å². The number of aryl methyl sites for hydroxylation is 1. The lowest BCUT2D eigenvalue weighted by Crippen LogP contribution is -2.18. The number of benzene rings is 2. The summed E-state index contributed by atoms with van der Waals surface area (Å²) < 4.78 is 12.4. The van der Waals surface area contributed by atoms with Gasteiger partial charge in [0.25, 0.3) is 0 Å². The first-order chi connectivity index (χ1) is 10.3. The molecular weight excluding hydrogens is 295 g/mol. The van der Waals surface area contributed by atoms with Gasteiger partial charge >= 0.3 is 0 Å². The maximum absolute atomic E-state index is 12.9. The second-order valence-electron chi connectivity index (χ2n) is 5.54. The number of ketones is 1. The molecule has 0 bridgehead atoms. The first kappa shape index (κ1) is 16.7. The Morgan fingerprint density at radius 1 is 1.00 bits per heavy atom. The average molecular weight is 316 g/mol. The zero-order chi connectivity index (χ0) is 16.5. The molecule has 1 unspecified atom stereocenters. The van der Waals surface area contributed by atoms with Crippen molar-refractivity contribution in [3.8, 4) is 0 Å². The van der Waals surface area contributed by atoms with Crippen LogP contribution in [-0.2, 0) is 4.57 Å². The molecule has 22 heavy (non-hydrogen) atoms. The summed E-state index contributed by atoms with van der Waals surface area (Å²) in [7, 11) is -3.50. The largest absolute Gasteiger partial charge is 0.341 e. The summed E-state index contributed by atoms with van der Waals surface area (Å²) in [6.45, 7) is 7.56. The third-order valence-electron chi connectivity index (χ3n) is 4.26. The summed E-state index contributed by atoms with van der Waals surface area (Å²) >= 11 is 0. The molecule has 0 aromatic heterocycles. The van der Waals surface area contributed by atoms with Crippen LogP contribution in [0.2, 0.25) is 0 Å². The van der Waals surface area contributed by atoms with Crippen molar-refractivity contribution in [2.24, 2.45) is 0 Å². The average Bonchev–Trinajstić information content (AvgIpc) is 2.52. The molecule has 0 spiro atoms. The maximum atomic E-state index is 12.9. The predicted molar refractivity (Wildman–Crippen MR) is 90.5 cm³/mol. The molecule has 0 heterocycles. The SMILES string of the molecule is CCP(=O)(O)c1ccccc1C(=O)c1ccc(C)c(C)c1C. The van der Waals surface area contributed by atoms with Crippen LogP contribution in [0.4, 0.5) is 0 Å². The molecule has 2 aromatic carbocycles. The molecule has 1 atom stereocenters. The molecule has 2 aromatic rings. The van der Waals surface area contributed by atoms with Crippen LogP contribution >= 0.6 is 7.37 Å². The van der Waals surface area contributed by atoms with Crippen molar-refractivity contribution in [1.82, 2.24) is 0 Å². The highest BCUT2D eigenvalue weighted by atomic mass is 31.2. The molecular formula is C18H21O3P. The number of carbonyl (C=O) groups excluding carboxylic acids is 1. The molecule has 0 saturated carbocycles. The van der Waals surface area contributed by atoms with Gasteiger partial charge in [-0.25, -0.2) is 0 Å². The number of carbonyl (C=O) groups is 1. The minimum absolute atomic E-state index is 0.114. The third kappa shape index (κ3) is 2.92. The summed E-state index contributed by atoms with van der Waals surface area (Å²) in [5.74, 6) is -0.195. The van der Waals surface area contributed by atoms with Crippen molar-refractivity contribution in [3.05, 3.63) is 64.2 Å². The van der Waals surface area contributed by atoms with Crippen LogP contribution in [0.3, 0.4) is 0 Å². The van der Waals surface area contributed by atoms with E-state index in [-0.39, 0.29) is 17.2 Å². The molecule has 3 nitrogen and oxygen atoms in total. The van der Waals surface area contributed by atoms with E-state index in [0.29, 0.717) is 11.1 Å². The monoisotopic (exact) mass is 316 g/mol. The Hall–Kier alpha value is -1.70. The van der Waals surface area contributed by atoms with Gasteiger partial charge in [0.05, 0.1) is 0 Å². The first-order valence-electron chi connectivity index (χ1n) is 7.32. The van der Waals surface area contributed by atoms with E-state index in [0.717, 1.165) is 16.7 Å². The second-order valence-corrected chi connectivity index (χ2v) is 8.06. The topological polar surface area (TPSA) is 54.4 Å². The minimum Gasteiger partial charge on any atom is -0.341 e. The molecule has 0 aliphatic rings. The quantitative estimate of drug-likeness (QED) is 0.690. The van der Waals surface area contributed by atoms with Gasteiger partial charge in [0.15, 0.2) is 5.78 Å². The van der Waals surface area contributed by atoms with Gasteiger partial charge in [-0.3, -0.25) is 9.36 Å². The van der Waals surface area contributed by atoms with Crippen molar-refractivity contribution in [1.29, 1.82) is 0 Å². The molecule has 0 amide bonds. The van der Waals surface area contributed by atoms with E-state index in [1.54, 1.807) is 37.3 Å². The zero-order valence-electron chi connectivity index (χ0n) is 13.4. The lowest BCUT2D eigenvalue weighted by molar-refractivity contribution is 0.103. The fourth-order valence-electron chi connectivity index (χ4n) is 2.49.